The monoisotopic (exact) mass is 507 g/mol. The molecule has 1 aliphatic rings. The number of nitrogens with zero attached hydrogens (tertiary/aromatic N) is 4. The van der Waals surface area contributed by atoms with Gasteiger partial charge in [-0.15, -0.1) is 0 Å². The van der Waals surface area contributed by atoms with Gasteiger partial charge in [-0.1, -0.05) is 36.4 Å². The molecular formula is C30H29N5O3. The molecule has 0 radical (unpaired) electrons. The summed E-state index contributed by atoms with van der Waals surface area (Å²) >= 11 is 0. The summed E-state index contributed by atoms with van der Waals surface area (Å²) < 4.78 is 9.13. The van der Waals surface area contributed by atoms with Gasteiger partial charge in [0.2, 0.25) is 0 Å². The Labute approximate surface area is 219 Å². The van der Waals surface area contributed by atoms with Crippen LogP contribution < -0.4 is 15.9 Å². The fraction of sp³-hybridized carbons (Fsp3) is 0.233. The predicted molar refractivity (Wildman–Crippen MR) is 147 cm³/mol. The van der Waals surface area contributed by atoms with E-state index in [1.807, 2.05) is 66.7 Å². The van der Waals surface area contributed by atoms with Gasteiger partial charge in [-0.05, 0) is 67.4 Å². The molecule has 4 heterocycles. The Hall–Kier alpha value is -4.43. The number of aromatic amines is 1. The molecule has 1 saturated heterocycles. The molecule has 0 aliphatic carbocycles. The van der Waals surface area contributed by atoms with E-state index in [0.29, 0.717) is 42.0 Å². The van der Waals surface area contributed by atoms with Gasteiger partial charge in [-0.2, -0.15) is 0 Å². The largest absolute Gasteiger partial charge is 0.489 e. The minimum Gasteiger partial charge on any atom is -0.489 e. The zero-order chi connectivity index (χ0) is 25.9. The maximum atomic E-state index is 13.8. The number of ether oxygens (including phenoxy) is 1. The lowest BCUT2D eigenvalue weighted by molar-refractivity contribution is 0.306. The summed E-state index contributed by atoms with van der Waals surface area (Å²) in [5.74, 6) is 0.715. The first-order valence-corrected chi connectivity index (χ1v) is 12.9. The van der Waals surface area contributed by atoms with Crippen LogP contribution in [0.4, 0.5) is 0 Å². The normalized spacial score (nSPS) is 13.8. The molecule has 38 heavy (non-hydrogen) atoms. The van der Waals surface area contributed by atoms with Crippen LogP contribution in [0.5, 0.6) is 5.75 Å². The zero-order valence-electron chi connectivity index (χ0n) is 21.0. The lowest BCUT2D eigenvalue weighted by Gasteiger charge is -2.19. The number of hydrogen-bond donors (Lipinski definition) is 1. The fourth-order valence-corrected chi connectivity index (χ4v) is 5.09. The van der Waals surface area contributed by atoms with Crippen LogP contribution in [0, 0.1) is 0 Å². The van der Waals surface area contributed by atoms with E-state index in [-0.39, 0.29) is 11.1 Å². The van der Waals surface area contributed by atoms with Gasteiger partial charge in [0.15, 0.2) is 0 Å². The second-order valence-electron chi connectivity index (χ2n) is 9.67. The molecule has 0 amide bonds. The number of hydrogen-bond acceptors (Lipinski definition) is 5. The van der Waals surface area contributed by atoms with E-state index < -0.39 is 0 Å². The van der Waals surface area contributed by atoms with Crippen molar-refractivity contribution < 1.29 is 4.74 Å². The van der Waals surface area contributed by atoms with Crippen LogP contribution in [0.3, 0.4) is 0 Å². The van der Waals surface area contributed by atoms with Crippen LogP contribution in [0.2, 0.25) is 0 Å². The highest BCUT2D eigenvalue weighted by Gasteiger charge is 2.21. The minimum atomic E-state index is -0.174. The number of likely N-dealkylation sites (tertiary alicyclic amines) is 1. The number of nitrogens with one attached hydrogen (secondary N) is 1. The van der Waals surface area contributed by atoms with Gasteiger partial charge < -0.3 is 9.30 Å². The van der Waals surface area contributed by atoms with Crippen LogP contribution in [0.1, 0.15) is 29.7 Å². The Morgan fingerprint density at radius 2 is 1.63 bits per heavy atom. The highest BCUT2D eigenvalue weighted by Crippen LogP contribution is 2.21. The van der Waals surface area contributed by atoms with Crippen molar-refractivity contribution in [3.63, 3.8) is 0 Å². The van der Waals surface area contributed by atoms with Crippen molar-refractivity contribution in [2.45, 2.75) is 32.5 Å². The topological polar surface area (TPSA) is 85.2 Å². The van der Waals surface area contributed by atoms with E-state index in [2.05, 4.69) is 15.0 Å². The third kappa shape index (κ3) is 4.90. The van der Waals surface area contributed by atoms with Gasteiger partial charge >= 0.3 is 0 Å². The molecule has 1 N–H and O–H groups in total. The second kappa shape index (κ2) is 10.5. The van der Waals surface area contributed by atoms with Crippen LogP contribution in [-0.4, -0.2) is 37.3 Å². The van der Waals surface area contributed by atoms with Gasteiger partial charge in [0.25, 0.3) is 11.1 Å². The Bertz CT molecular complexity index is 1650. The molecule has 0 spiro atoms. The molecule has 1 fully saturated rings. The summed E-state index contributed by atoms with van der Waals surface area (Å²) in [4.78, 5) is 33.6. The quantitative estimate of drug-likeness (QED) is 0.342. The fourth-order valence-electron chi connectivity index (χ4n) is 5.09. The molecule has 8 heteroatoms. The Morgan fingerprint density at radius 3 is 2.37 bits per heavy atom. The van der Waals surface area contributed by atoms with Gasteiger partial charge in [-0.25, -0.2) is 4.68 Å². The molecule has 5 aromatic rings. The third-order valence-electron chi connectivity index (χ3n) is 7.05. The summed E-state index contributed by atoms with van der Waals surface area (Å²) in [6.07, 6.45) is 5.72. The van der Waals surface area contributed by atoms with E-state index in [1.165, 1.54) is 10.7 Å². The Balaban J connectivity index is 1.36. The maximum absolute atomic E-state index is 13.8. The molecule has 2 aromatic carbocycles. The highest BCUT2D eigenvalue weighted by atomic mass is 16.5. The number of H-pyrrole nitrogens is 1. The van der Waals surface area contributed by atoms with Crippen molar-refractivity contribution in [2.24, 2.45) is 0 Å². The van der Waals surface area contributed by atoms with Crippen molar-refractivity contribution >= 4 is 10.9 Å². The van der Waals surface area contributed by atoms with Crippen molar-refractivity contribution in [1.82, 2.24) is 24.2 Å². The average Bonchev–Trinajstić information content (AvgIpc) is 3.58. The standard InChI is InChI=1S/C30H29N5O3/c36-28-17-26-29(27(20-33-15-4-5-16-33)34(28)19-23-9-6-14-31-18-23)30(37)35(32-26)24-10-12-25(13-11-24)38-21-22-7-2-1-3-8-22/h1-3,6-14,17-18,32H,4-5,15-16,19-21H2. The molecular weight excluding hydrogens is 478 g/mol. The number of pyridine rings is 2. The van der Waals surface area contributed by atoms with Gasteiger partial charge in [-0.3, -0.25) is 24.6 Å². The number of benzene rings is 2. The number of fused-ring (bicyclic) bond motifs is 1. The van der Waals surface area contributed by atoms with Crippen LogP contribution in [-0.2, 0) is 19.7 Å². The van der Waals surface area contributed by atoms with Crippen LogP contribution in [0.15, 0.2) is 94.8 Å². The molecule has 6 rings (SSSR count). The van der Waals surface area contributed by atoms with E-state index in [1.54, 1.807) is 17.0 Å². The van der Waals surface area contributed by atoms with Crippen LogP contribution >= 0.6 is 0 Å². The van der Waals surface area contributed by atoms with Gasteiger partial charge in [0.05, 0.1) is 28.8 Å². The number of rotatable bonds is 8. The zero-order valence-corrected chi connectivity index (χ0v) is 21.0. The molecule has 1 aliphatic heterocycles. The molecule has 0 saturated carbocycles. The summed E-state index contributed by atoms with van der Waals surface area (Å²) in [5.41, 5.74) is 3.64. The van der Waals surface area contributed by atoms with Crippen molar-refractivity contribution in [1.29, 1.82) is 0 Å². The maximum Gasteiger partial charge on any atom is 0.280 e. The van der Waals surface area contributed by atoms with Crippen molar-refractivity contribution in [2.75, 3.05) is 13.1 Å². The predicted octanol–water partition coefficient (Wildman–Crippen LogP) is 4.10. The van der Waals surface area contributed by atoms with E-state index in [4.69, 9.17) is 4.74 Å². The molecule has 8 nitrogen and oxygen atoms in total. The Morgan fingerprint density at radius 1 is 0.868 bits per heavy atom. The molecule has 0 bridgehead atoms. The Kier molecular flexibility index (Phi) is 6.62. The smallest absolute Gasteiger partial charge is 0.280 e. The second-order valence-corrected chi connectivity index (χ2v) is 9.67. The van der Waals surface area contributed by atoms with Gasteiger partial charge in [0.1, 0.15) is 12.4 Å². The number of aromatic nitrogens is 4. The average molecular weight is 508 g/mol. The first kappa shape index (κ1) is 23.9. The van der Waals surface area contributed by atoms with Gasteiger partial charge in [0, 0.05) is 25.0 Å². The molecule has 0 unspecified atom stereocenters. The summed E-state index contributed by atoms with van der Waals surface area (Å²) in [7, 11) is 0. The summed E-state index contributed by atoms with van der Waals surface area (Å²) in [6.45, 7) is 3.30. The molecule has 3 aromatic heterocycles. The lowest BCUT2D eigenvalue weighted by atomic mass is 10.2. The van der Waals surface area contributed by atoms with E-state index in [0.717, 1.165) is 42.8 Å². The van der Waals surface area contributed by atoms with Crippen molar-refractivity contribution in [3.05, 3.63) is 123 Å². The summed E-state index contributed by atoms with van der Waals surface area (Å²) in [5, 5.41) is 3.72. The van der Waals surface area contributed by atoms with Crippen molar-refractivity contribution in [3.8, 4) is 11.4 Å². The minimum absolute atomic E-state index is 0.145. The summed E-state index contributed by atoms with van der Waals surface area (Å²) in [6, 6.07) is 22.7. The first-order chi connectivity index (χ1) is 18.7. The first-order valence-electron chi connectivity index (χ1n) is 12.9. The lowest BCUT2D eigenvalue weighted by Crippen LogP contribution is -2.30. The third-order valence-corrected chi connectivity index (χ3v) is 7.05. The van der Waals surface area contributed by atoms with Crippen LogP contribution in [0.25, 0.3) is 16.6 Å². The molecule has 0 atom stereocenters. The SMILES string of the molecule is O=c1c2c(CN3CCCC3)n(Cc3cccnc3)c(=O)cc2[nH]n1-c1ccc(OCc2ccccc2)cc1. The highest BCUT2D eigenvalue weighted by molar-refractivity contribution is 5.81. The van der Waals surface area contributed by atoms with E-state index in [9.17, 15) is 9.59 Å². The van der Waals surface area contributed by atoms with E-state index >= 15 is 0 Å². The molecule has 192 valence electrons.